The van der Waals surface area contributed by atoms with Crippen LogP contribution in [0.3, 0.4) is 0 Å². The van der Waals surface area contributed by atoms with Crippen LogP contribution >= 0.6 is 15.9 Å². The molecule has 1 atom stereocenters. The van der Waals surface area contributed by atoms with Crippen LogP contribution in [0.4, 0.5) is 4.39 Å². The Bertz CT molecular complexity index is 585. The molecule has 2 aromatic rings. The molecule has 112 valence electrons. The summed E-state index contributed by atoms with van der Waals surface area (Å²) in [6, 6.07) is 11.5. The Hall–Kier alpha value is -1.59. The quantitative estimate of drug-likeness (QED) is 0.793. The van der Waals surface area contributed by atoms with Gasteiger partial charge in [-0.15, -0.1) is 0 Å². The van der Waals surface area contributed by atoms with Gasteiger partial charge in [-0.1, -0.05) is 15.9 Å². The van der Waals surface area contributed by atoms with Crippen molar-refractivity contribution in [3.63, 3.8) is 0 Å². The summed E-state index contributed by atoms with van der Waals surface area (Å²) >= 11 is 3.35. The molecule has 0 aliphatic carbocycles. The van der Waals surface area contributed by atoms with Crippen molar-refractivity contribution in [1.82, 2.24) is 0 Å². The molecule has 0 radical (unpaired) electrons. The Morgan fingerprint density at radius 1 is 1.10 bits per heavy atom. The van der Waals surface area contributed by atoms with E-state index in [0.29, 0.717) is 17.9 Å². The SMILES string of the molecule is C[C@H](O)c1ccc(F)cc1OCCOc1ccc(Br)cc1. The van der Waals surface area contributed by atoms with Gasteiger partial charge in [0, 0.05) is 16.1 Å². The van der Waals surface area contributed by atoms with E-state index in [1.54, 1.807) is 6.92 Å². The lowest BCUT2D eigenvalue weighted by atomic mass is 10.1. The van der Waals surface area contributed by atoms with Crippen molar-refractivity contribution in [3.8, 4) is 11.5 Å². The fourth-order valence-corrected chi connectivity index (χ4v) is 2.08. The first kappa shape index (κ1) is 15.8. The van der Waals surface area contributed by atoms with Crippen LogP contribution < -0.4 is 9.47 Å². The summed E-state index contributed by atoms with van der Waals surface area (Å²) in [6.07, 6.45) is -0.715. The topological polar surface area (TPSA) is 38.7 Å². The first-order valence-corrected chi connectivity index (χ1v) is 7.34. The van der Waals surface area contributed by atoms with Gasteiger partial charge in [-0.05, 0) is 43.3 Å². The van der Waals surface area contributed by atoms with Crippen molar-refractivity contribution >= 4 is 15.9 Å². The zero-order valence-electron chi connectivity index (χ0n) is 11.6. The molecule has 0 heterocycles. The van der Waals surface area contributed by atoms with E-state index in [4.69, 9.17) is 9.47 Å². The highest BCUT2D eigenvalue weighted by molar-refractivity contribution is 9.10. The summed E-state index contributed by atoms with van der Waals surface area (Å²) < 4.78 is 25.2. The average Bonchev–Trinajstić information content (AvgIpc) is 2.45. The highest BCUT2D eigenvalue weighted by atomic mass is 79.9. The van der Waals surface area contributed by atoms with E-state index < -0.39 is 11.9 Å². The fourth-order valence-electron chi connectivity index (χ4n) is 1.82. The zero-order chi connectivity index (χ0) is 15.2. The third kappa shape index (κ3) is 4.72. The largest absolute Gasteiger partial charge is 0.490 e. The standard InChI is InChI=1S/C16H16BrFO3/c1-11(19)15-7-4-13(18)10-16(15)21-9-8-20-14-5-2-12(17)3-6-14/h2-7,10-11,19H,8-9H2,1H3/t11-/m0/s1. The van der Waals surface area contributed by atoms with Crippen LogP contribution in [-0.4, -0.2) is 18.3 Å². The molecule has 0 spiro atoms. The van der Waals surface area contributed by atoms with Gasteiger partial charge in [-0.2, -0.15) is 0 Å². The second-order valence-electron chi connectivity index (χ2n) is 4.51. The van der Waals surface area contributed by atoms with E-state index in [1.165, 1.54) is 18.2 Å². The van der Waals surface area contributed by atoms with Crippen molar-refractivity contribution in [2.75, 3.05) is 13.2 Å². The third-order valence-corrected chi connectivity index (χ3v) is 3.38. The van der Waals surface area contributed by atoms with Crippen molar-refractivity contribution in [2.24, 2.45) is 0 Å². The maximum Gasteiger partial charge on any atom is 0.128 e. The molecule has 21 heavy (non-hydrogen) atoms. The average molecular weight is 355 g/mol. The van der Waals surface area contributed by atoms with Gasteiger partial charge < -0.3 is 14.6 Å². The highest BCUT2D eigenvalue weighted by Crippen LogP contribution is 2.26. The molecule has 0 saturated heterocycles. The monoisotopic (exact) mass is 354 g/mol. The van der Waals surface area contributed by atoms with Crippen LogP contribution in [0.5, 0.6) is 11.5 Å². The zero-order valence-corrected chi connectivity index (χ0v) is 13.1. The summed E-state index contributed by atoms with van der Waals surface area (Å²) in [5.74, 6) is 0.671. The molecule has 0 bridgehead atoms. The number of aliphatic hydroxyl groups excluding tert-OH is 1. The van der Waals surface area contributed by atoms with E-state index >= 15 is 0 Å². The van der Waals surface area contributed by atoms with Gasteiger partial charge in [-0.3, -0.25) is 0 Å². The minimum Gasteiger partial charge on any atom is -0.490 e. The van der Waals surface area contributed by atoms with Crippen LogP contribution in [0.25, 0.3) is 0 Å². The summed E-state index contributed by atoms with van der Waals surface area (Å²) in [5, 5.41) is 9.62. The number of hydrogen-bond acceptors (Lipinski definition) is 3. The van der Waals surface area contributed by atoms with Crippen molar-refractivity contribution < 1.29 is 19.0 Å². The molecular weight excluding hydrogens is 339 g/mol. The Kier molecular flexibility index (Phi) is 5.59. The van der Waals surface area contributed by atoms with Crippen LogP contribution in [-0.2, 0) is 0 Å². The third-order valence-electron chi connectivity index (χ3n) is 2.85. The lowest BCUT2D eigenvalue weighted by Gasteiger charge is -2.14. The van der Waals surface area contributed by atoms with Gasteiger partial charge in [0.1, 0.15) is 30.5 Å². The van der Waals surface area contributed by atoms with E-state index in [1.807, 2.05) is 24.3 Å². The number of hydrogen-bond donors (Lipinski definition) is 1. The predicted octanol–water partition coefficient (Wildman–Crippen LogP) is 4.10. The van der Waals surface area contributed by atoms with E-state index in [0.717, 1.165) is 10.2 Å². The lowest BCUT2D eigenvalue weighted by Crippen LogP contribution is -2.10. The molecule has 3 nitrogen and oxygen atoms in total. The molecular formula is C16H16BrFO3. The van der Waals surface area contributed by atoms with Gasteiger partial charge in [0.25, 0.3) is 0 Å². The highest BCUT2D eigenvalue weighted by Gasteiger charge is 2.10. The Morgan fingerprint density at radius 3 is 2.43 bits per heavy atom. The smallest absolute Gasteiger partial charge is 0.128 e. The lowest BCUT2D eigenvalue weighted by molar-refractivity contribution is 0.181. The molecule has 0 aliphatic heterocycles. The van der Waals surface area contributed by atoms with Gasteiger partial charge >= 0.3 is 0 Å². The molecule has 0 fully saturated rings. The number of ether oxygens (including phenoxy) is 2. The molecule has 2 rings (SSSR count). The minimum absolute atomic E-state index is 0.263. The Morgan fingerprint density at radius 2 is 1.76 bits per heavy atom. The van der Waals surface area contributed by atoms with Crippen molar-refractivity contribution in [2.45, 2.75) is 13.0 Å². The number of aliphatic hydroxyl groups is 1. The summed E-state index contributed by atoms with van der Waals surface area (Å²) in [4.78, 5) is 0. The first-order valence-electron chi connectivity index (χ1n) is 6.55. The fraction of sp³-hybridized carbons (Fsp3) is 0.250. The van der Waals surface area contributed by atoms with Crippen molar-refractivity contribution in [3.05, 3.63) is 58.3 Å². The van der Waals surface area contributed by atoms with Gasteiger partial charge in [0.2, 0.25) is 0 Å². The molecule has 0 amide bonds. The molecule has 0 aromatic heterocycles. The predicted molar refractivity (Wildman–Crippen MR) is 82.2 cm³/mol. The first-order chi connectivity index (χ1) is 10.1. The molecule has 0 aliphatic rings. The van der Waals surface area contributed by atoms with Crippen LogP contribution in [0, 0.1) is 5.82 Å². The maximum absolute atomic E-state index is 13.2. The van der Waals surface area contributed by atoms with E-state index in [-0.39, 0.29) is 6.61 Å². The molecule has 1 N–H and O–H groups in total. The van der Waals surface area contributed by atoms with Crippen LogP contribution in [0.2, 0.25) is 0 Å². The second-order valence-corrected chi connectivity index (χ2v) is 5.42. The maximum atomic E-state index is 13.2. The second kappa shape index (κ2) is 7.43. The number of rotatable bonds is 6. The van der Waals surface area contributed by atoms with Gasteiger partial charge in [0.05, 0.1) is 6.10 Å². The Labute approximate surface area is 131 Å². The molecule has 0 unspecified atom stereocenters. The van der Waals surface area contributed by atoms with E-state index in [2.05, 4.69) is 15.9 Å². The summed E-state index contributed by atoms with van der Waals surface area (Å²) in [5.41, 5.74) is 0.556. The van der Waals surface area contributed by atoms with Crippen molar-refractivity contribution in [1.29, 1.82) is 0 Å². The number of halogens is 2. The number of benzene rings is 2. The molecule has 2 aromatic carbocycles. The molecule has 0 saturated carbocycles. The summed E-state index contributed by atoms with van der Waals surface area (Å²) in [6.45, 7) is 2.20. The summed E-state index contributed by atoms with van der Waals surface area (Å²) in [7, 11) is 0. The molecule has 5 heteroatoms. The van der Waals surface area contributed by atoms with Crippen LogP contribution in [0.15, 0.2) is 46.9 Å². The van der Waals surface area contributed by atoms with Gasteiger partial charge in [-0.25, -0.2) is 4.39 Å². The van der Waals surface area contributed by atoms with E-state index in [9.17, 15) is 9.50 Å². The Balaban J connectivity index is 1.88. The minimum atomic E-state index is -0.715. The normalized spacial score (nSPS) is 12.0. The van der Waals surface area contributed by atoms with Crippen LogP contribution in [0.1, 0.15) is 18.6 Å². The van der Waals surface area contributed by atoms with Gasteiger partial charge in [0.15, 0.2) is 0 Å².